The molecular formula is C27H22N4O4. The average Bonchev–Trinajstić information content (AvgIpc) is 3.31. The maximum Gasteiger partial charge on any atom is 0.228 e. The Hall–Kier alpha value is -4.59. The number of hydrogen-bond donors (Lipinski definition) is 1. The molecule has 6 rings (SSSR count). The van der Waals surface area contributed by atoms with Crippen LogP contribution in [0.25, 0.3) is 17.0 Å². The number of phenols is 1. The van der Waals surface area contributed by atoms with Crippen molar-refractivity contribution in [2.45, 2.75) is 12.8 Å². The molecule has 0 fully saturated rings. The molecule has 8 nitrogen and oxygen atoms in total. The molecule has 5 aromatic rings. The fourth-order valence-electron chi connectivity index (χ4n) is 4.62. The van der Waals surface area contributed by atoms with Gasteiger partial charge in [-0.25, -0.2) is 14.5 Å². The van der Waals surface area contributed by atoms with Crippen LogP contribution in [0, 0.1) is 6.92 Å². The van der Waals surface area contributed by atoms with E-state index < -0.39 is 0 Å². The van der Waals surface area contributed by atoms with Crippen molar-refractivity contribution in [2.75, 3.05) is 14.2 Å². The van der Waals surface area contributed by atoms with E-state index >= 15 is 0 Å². The Morgan fingerprint density at radius 3 is 2.60 bits per heavy atom. The molecular weight excluding hydrogens is 444 g/mol. The van der Waals surface area contributed by atoms with Crippen LogP contribution in [-0.2, 0) is 0 Å². The van der Waals surface area contributed by atoms with Crippen LogP contribution < -0.4 is 14.2 Å². The highest BCUT2D eigenvalue weighted by Gasteiger charge is 2.34. The Morgan fingerprint density at radius 1 is 0.971 bits per heavy atom. The minimum absolute atomic E-state index is 0.114. The van der Waals surface area contributed by atoms with E-state index in [0.29, 0.717) is 34.6 Å². The lowest BCUT2D eigenvalue weighted by Gasteiger charge is -2.28. The zero-order valence-electron chi connectivity index (χ0n) is 19.4. The molecule has 0 aliphatic carbocycles. The fourth-order valence-corrected chi connectivity index (χ4v) is 4.62. The van der Waals surface area contributed by atoms with E-state index in [1.54, 1.807) is 37.2 Å². The molecule has 3 aromatic carbocycles. The number of methoxy groups -OCH3 is 2. The number of aromatic nitrogens is 4. The van der Waals surface area contributed by atoms with E-state index in [4.69, 9.17) is 24.3 Å². The third-order valence-corrected chi connectivity index (χ3v) is 6.32. The fraction of sp³-hybridized carbons (Fsp3) is 0.148. The Morgan fingerprint density at radius 2 is 1.80 bits per heavy atom. The first-order valence-corrected chi connectivity index (χ1v) is 11.1. The molecule has 0 saturated heterocycles. The minimum atomic E-state index is -0.292. The van der Waals surface area contributed by atoms with Crippen LogP contribution in [0.3, 0.4) is 0 Å². The van der Waals surface area contributed by atoms with Crippen molar-refractivity contribution in [2.24, 2.45) is 0 Å². The topological polar surface area (TPSA) is 91.0 Å². The largest absolute Gasteiger partial charge is 0.508 e. The number of aryl methyl sites for hydroxylation is 1. The lowest BCUT2D eigenvalue weighted by Crippen LogP contribution is -2.15. The van der Waals surface area contributed by atoms with Crippen molar-refractivity contribution >= 4 is 5.65 Å². The first-order valence-electron chi connectivity index (χ1n) is 11.1. The summed E-state index contributed by atoms with van der Waals surface area (Å²) in [6.07, 6.45) is 1.60. The van der Waals surface area contributed by atoms with Gasteiger partial charge < -0.3 is 19.3 Å². The van der Waals surface area contributed by atoms with Gasteiger partial charge in [0.1, 0.15) is 17.8 Å². The van der Waals surface area contributed by atoms with Gasteiger partial charge in [-0.15, -0.1) is 5.10 Å². The molecule has 0 saturated carbocycles. The van der Waals surface area contributed by atoms with Crippen LogP contribution >= 0.6 is 0 Å². The van der Waals surface area contributed by atoms with Crippen molar-refractivity contribution in [1.29, 1.82) is 0 Å². The Labute approximate surface area is 201 Å². The maximum atomic E-state index is 10.1. The lowest BCUT2D eigenvalue weighted by atomic mass is 9.83. The van der Waals surface area contributed by atoms with E-state index in [-0.39, 0.29) is 11.7 Å². The second-order valence-corrected chi connectivity index (χ2v) is 8.35. The van der Waals surface area contributed by atoms with E-state index in [2.05, 4.69) is 4.98 Å². The second kappa shape index (κ2) is 8.02. The summed E-state index contributed by atoms with van der Waals surface area (Å²) in [5.41, 5.74) is 5.28. The quantitative estimate of drug-likeness (QED) is 0.386. The van der Waals surface area contributed by atoms with E-state index in [0.717, 1.165) is 27.8 Å². The molecule has 1 N–H and O–H groups in total. The zero-order valence-corrected chi connectivity index (χ0v) is 19.4. The van der Waals surface area contributed by atoms with Crippen molar-refractivity contribution in [3.63, 3.8) is 0 Å². The SMILES string of the molecule is COc1ccc([C@@H]2c3ccc(O)cc3Oc3ncn4nc(-c5ccccc5C)nc4c32)cc1OC. The van der Waals surface area contributed by atoms with Gasteiger partial charge >= 0.3 is 0 Å². The van der Waals surface area contributed by atoms with Gasteiger partial charge in [-0.05, 0) is 36.2 Å². The molecule has 35 heavy (non-hydrogen) atoms. The minimum Gasteiger partial charge on any atom is -0.508 e. The van der Waals surface area contributed by atoms with Gasteiger partial charge in [0.2, 0.25) is 5.88 Å². The molecule has 0 unspecified atom stereocenters. The van der Waals surface area contributed by atoms with E-state index in [9.17, 15) is 5.11 Å². The van der Waals surface area contributed by atoms with Crippen molar-refractivity contribution in [3.8, 4) is 40.3 Å². The molecule has 0 amide bonds. The van der Waals surface area contributed by atoms with Crippen LogP contribution in [0.5, 0.6) is 28.9 Å². The van der Waals surface area contributed by atoms with Gasteiger partial charge in [-0.1, -0.05) is 36.4 Å². The number of aromatic hydroxyl groups is 1. The number of hydrogen-bond acceptors (Lipinski definition) is 7. The summed E-state index contributed by atoms with van der Waals surface area (Å²) in [6.45, 7) is 2.03. The smallest absolute Gasteiger partial charge is 0.228 e. The number of rotatable bonds is 4. The molecule has 1 aliphatic rings. The molecule has 0 bridgehead atoms. The highest BCUT2D eigenvalue weighted by molar-refractivity contribution is 5.70. The number of fused-ring (bicyclic) bond motifs is 4. The summed E-state index contributed by atoms with van der Waals surface area (Å²) < 4.78 is 18.9. The van der Waals surface area contributed by atoms with Gasteiger partial charge in [0, 0.05) is 23.1 Å². The number of benzene rings is 3. The monoisotopic (exact) mass is 466 g/mol. The standard InChI is InChI=1S/C27H22N4O4/c1-15-6-4-5-7-18(15)25-29-26-24-23(16-8-11-20(33-2)22(12-16)34-3)19-10-9-17(32)13-21(19)35-27(24)28-14-31(26)30-25/h4-14,23,32H,1-3H3/t23-/m1/s1. The molecule has 0 spiro atoms. The highest BCUT2D eigenvalue weighted by atomic mass is 16.5. The second-order valence-electron chi connectivity index (χ2n) is 8.35. The average molecular weight is 466 g/mol. The Kier molecular flexibility index (Phi) is 4.81. The van der Waals surface area contributed by atoms with Crippen molar-refractivity contribution < 1.29 is 19.3 Å². The summed E-state index contributed by atoms with van der Waals surface area (Å²) in [5, 5.41) is 14.8. The van der Waals surface area contributed by atoms with Crippen LogP contribution in [0.15, 0.2) is 67.0 Å². The molecule has 1 aliphatic heterocycles. The highest BCUT2D eigenvalue weighted by Crippen LogP contribution is 2.49. The van der Waals surface area contributed by atoms with Gasteiger partial charge in [0.15, 0.2) is 23.0 Å². The number of nitrogens with zero attached hydrogens (tertiary/aromatic N) is 4. The molecule has 1 atom stereocenters. The van der Waals surface area contributed by atoms with Gasteiger partial charge in [-0.3, -0.25) is 0 Å². The van der Waals surface area contributed by atoms with E-state index in [1.807, 2.05) is 55.5 Å². The molecule has 0 radical (unpaired) electrons. The number of phenolic OH excluding ortho intramolecular Hbond substituents is 1. The molecule has 8 heteroatoms. The first kappa shape index (κ1) is 21.0. The normalized spacial score (nSPS) is 14.2. The van der Waals surface area contributed by atoms with E-state index in [1.165, 1.54) is 0 Å². The molecule has 174 valence electrons. The summed E-state index contributed by atoms with van der Waals surface area (Å²) in [7, 11) is 3.22. The predicted octanol–water partition coefficient (Wildman–Crippen LogP) is 5.11. The Bertz CT molecular complexity index is 1590. The summed E-state index contributed by atoms with van der Waals surface area (Å²) in [5.74, 6) is 2.63. The summed E-state index contributed by atoms with van der Waals surface area (Å²) >= 11 is 0. The van der Waals surface area contributed by atoms with Crippen molar-refractivity contribution in [1.82, 2.24) is 19.6 Å². The van der Waals surface area contributed by atoms with Gasteiger partial charge in [0.25, 0.3) is 0 Å². The molecule has 2 aromatic heterocycles. The summed E-state index contributed by atoms with van der Waals surface area (Å²) in [4.78, 5) is 9.48. The first-order chi connectivity index (χ1) is 17.1. The predicted molar refractivity (Wildman–Crippen MR) is 130 cm³/mol. The van der Waals surface area contributed by atoms with Crippen LogP contribution in [0.2, 0.25) is 0 Å². The summed E-state index contributed by atoms with van der Waals surface area (Å²) in [6, 6.07) is 18.9. The van der Waals surface area contributed by atoms with Gasteiger partial charge in [0.05, 0.1) is 19.8 Å². The third kappa shape index (κ3) is 3.33. The van der Waals surface area contributed by atoms with Crippen LogP contribution in [-0.4, -0.2) is 38.9 Å². The van der Waals surface area contributed by atoms with Crippen LogP contribution in [0.4, 0.5) is 0 Å². The van der Waals surface area contributed by atoms with Crippen molar-refractivity contribution in [3.05, 3.63) is 89.2 Å². The van der Waals surface area contributed by atoms with Gasteiger partial charge in [-0.2, -0.15) is 0 Å². The molecule has 3 heterocycles. The lowest BCUT2D eigenvalue weighted by molar-refractivity contribution is 0.354. The maximum absolute atomic E-state index is 10.1. The van der Waals surface area contributed by atoms with Crippen LogP contribution in [0.1, 0.15) is 28.2 Å². The zero-order chi connectivity index (χ0) is 24.1. The Balaban J connectivity index is 1.62. The third-order valence-electron chi connectivity index (χ3n) is 6.32. The number of ether oxygens (including phenoxy) is 3.